The van der Waals surface area contributed by atoms with Crippen molar-refractivity contribution >= 4 is 88.6 Å². The smallest absolute Gasteiger partial charge is 0.316 e. The van der Waals surface area contributed by atoms with Crippen molar-refractivity contribution in [2.24, 2.45) is 10.8 Å². The number of ether oxygens (including phenoxy) is 2. The molecule has 2 aromatic heterocycles. The maximum atomic E-state index is 13.6. The molecule has 0 unspecified atom stereocenters. The topological polar surface area (TPSA) is 280 Å². The number of aromatic nitrogens is 4. The van der Waals surface area contributed by atoms with Crippen LogP contribution in [0.1, 0.15) is 56.2 Å². The number of nitro groups is 2. The molecule has 4 fully saturated rings. The molecule has 4 aliphatic rings. The van der Waals surface area contributed by atoms with E-state index in [1.54, 1.807) is 79.1 Å². The van der Waals surface area contributed by atoms with Crippen molar-refractivity contribution in [2.75, 3.05) is 75.4 Å². The number of sulfonamides is 2. The van der Waals surface area contributed by atoms with E-state index in [9.17, 15) is 46.7 Å². The first-order valence-electron chi connectivity index (χ1n) is 25.5. The Bertz CT molecular complexity index is 3820. The van der Waals surface area contributed by atoms with Crippen molar-refractivity contribution in [3.63, 3.8) is 0 Å². The highest BCUT2D eigenvalue weighted by Crippen LogP contribution is 2.46. The lowest BCUT2D eigenvalue weighted by molar-refractivity contribution is -0.385. The Morgan fingerprint density at radius 1 is 0.630 bits per heavy atom. The normalized spacial score (nSPS) is 16.8. The predicted octanol–water partition coefficient (Wildman–Crippen LogP) is 7.73. The van der Waals surface area contributed by atoms with Crippen LogP contribution in [0.3, 0.4) is 0 Å². The van der Waals surface area contributed by atoms with Gasteiger partial charge in [-0.3, -0.25) is 29.8 Å². The Kier molecular flexibility index (Phi) is 17.4. The van der Waals surface area contributed by atoms with Gasteiger partial charge in [-0.2, -0.15) is 33.4 Å². The van der Waals surface area contributed by atoms with Gasteiger partial charge in [0.1, 0.15) is 23.0 Å². The Morgan fingerprint density at radius 2 is 1.04 bits per heavy atom. The number of halogens is 3. The van der Waals surface area contributed by atoms with Gasteiger partial charge in [-0.1, -0.05) is 61.3 Å². The van der Waals surface area contributed by atoms with Crippen LogP contribution in [0, 0.1) is 46.0 Å². The summed E-state index contributed by atoms with van der Waals surface area (Å²) in [7, 11) is -7.54. The van der Waals surface area contributed by atoms with E-state index in [4.69, 9.17) is 37.9 Å². The van der Waals surface area contributed by atoms with Gasteiger partial charge in [0.25, 0.3) is 11.4 Å². The zero-order valence-corrected chi connectivity index (χ0v) is 49.1. The summed E-state index contributed by atoms with van der Waals surface area (Å²) in [6, 6.07) is 23.6. The second kappa shape index (κ2) is 24.0. The van der Waals surface area contributed by atoms with Gasteiger partial charge in [-0.05, 0) is 108 Å². The van der Waals surface area contributed by atoms with Gasteiger partial charge in [-0.15, -0.1) is 0 Å². The number of rotatable bonds is 18. The molecule has 28 heteroatoms. The third kappa shape index (κ3) is 14.0. The van der Waals surface area contributed by atoms with Crippen molar-refractivity contribution in [1.29, 1.82) is 5.26 Å². The van der Waals surface area contributed by atoms with Gasteiger partial charge in [-0.25, -0.2) is 16.8 Å². The molecule has 0 spiro atoms. The van der Waals surface area contributed by atoms with Crippen molar-refractivity contribution < 1.29 is 36.2 Å². The first kappa shape index (κ1) is 58.9. The molecule has 23 nitrogen and oxygen atoms in total. The van der Waals surface area contributed by atoms with Crippen molar-refractivity contribution in [3.05, 3.63) is 169 Å². The fourth-order valence-corrected chi connectivity index (χ4v) is 13.0. The van der Waals surface area contributed by atoms with E-state index in [0.717, 1.165) is 31.7 Å². The van der Waals surface area contributed by atoms with E-state index in [2.05, 4.69) is 24.0 Å². The lowest BCUT2D eigenvalue weighted by Gasteiger charge is -2.35. The van der Waals surface area contributed by atoms with Gasteiger partial charge in [0.05, 0.1) is 61.9 Å². The van der Waals surface area contributed by atoms with Crippen LogP contribution in [0.25, 0.3) is 11.4 Å². The third-order valence-corrected chi connectivity index (χ3v) is 19.6. The van der Waals surface area contributed by atoms with E-state index < -0.39 is 52.5 Å². The maximum Gasteiger partial charge on any atom is 0.316 e. The zero-order chi connectivity index (χ0) is 58.0. The largest absolute Gasteiger partial charge is 0.486 e. The highest BCUT2D eigenvalue weighted by atomic mass is 127. The number of piperazine rings is 2. The molecule has 0 bridgehead atoms. The molecule has 426 valence electrons. The van der Waals surface area contributed by atoms with Crippen molar-refractivity contribution in [1.82, 2.24) is 28.2 Å². The summed E-state index contributed by atoms with van der Waals surface area (Å²) in [6.07, 6.45) is 7.19. The lowest BCUT2D eigenvalue weighted by atomic mass is 10.1. The number of nitriles is 1. The number of hydrogen-bond donors (Lipinski definition) is 0. The molecule has 2 saturated carbocycles. The number of anilines is 2. The quantitative estimate of drug-likeness (QED) is 0.0452. The van der Waals surface area contributed by atoms with Crippen LogP contribution < -0.4 is 30.4 Å². The molecule has 2 aliphatic carbocycles. The van der Waals surface area contributed by atoms with Crippen LogP contribution in [0.2, 0.25) is 10.0 Å². The van der Waals surface area contributed by atoms with Crippen LogP contribution in [-0.4, -0.2) is 120 Å². The maximum absolute atomic E-state index is 13.6. The van der Waals surface area contributed by atoms with E-state index in [1.165, 1.54) is 36.2 Å². The SMILES string of the molecule is CC1(COc2c(N3CCN(S(=O)(=O)Cc4ccc(C#N)c([N+](=O)[O-])c4)CC3)cnn(-c3cccc(Cl)c3)c2=O)CC1.CC1(COc2c(N3CCN(S(=O)(=O)Cc4ccc(I)c([N+](=O)[O-])c4)CC3)cnn(-c3cccc(Cl)c3)c2=O)CC1. The second-order valence-electron chi connectivity index (χ2n) is 20.9. The molecule has 2 aliphatic heterocycles. The average molecular weight is 1300 g/mol. The van der Waals surface area contributed by atoms with Crippen LogP contribution in [-0.2, 0) is 31.6 Å². The summed E-state index contributed by atoms with van der Waals surface area (Å²) in [5, 5.41) is 41.3. The van der Waals surface area contributed by atoms with E-state index in [1.807, 2.05) is 32.4 Å². The zero-order valence-electron chi connectivity index (χ0n) is 43.8. The van der Waals surface area contributed by atoms with Crippen LogP contribution in [0.5, 0.6) is 11.5 Å². The number of nitro benzene ring substituents is 2. The molecular weight excluding hydrogens is 1240 g/mol. The second-order valence-corrected chi connectivity index (χ2v) is 26.8. The molecule has 2 saturated heterocycles. The van der Waals surface area contributed by atoms with Crippen LogP contribution >= 0.6 is 45.8 Å². The summed E-state index contributed by atoms with van der Waals surface area (Å²) >= 11 is 14.1. The van der Waals surface area contributed by atoms with Gasteiger partial charge >= 0.3 is 11.1 Å². The Balaban J connectivity index is 0.000000196. The summed E-state index contributed by atoms with van der Waals surface area (Å²) in [4.78, 5) is 52.2. The molecule has 10 rings (SSSR count). The highest BCUT2D eigenvalue weighted by molar-refractivity contribution is 14.1. The standard InChI is InChI=1S/C27H27ClN6O6S.C26H27ClIN5O6S/c1-27(7-8-27)18-40-25-24(16-30-33(26(25)35)22-4-2-3-21(28)14-22)31-9-11-32(12-10-31)41(38,39)17-19-5-6-20(15-29)23(13-19)34(36)37;1-26(7-8-26)17-39-24-23(15-29-32(25(24)34)20-4-2-3-19(27)14-20)30-9-11-31(12-10-30)40(37,38)16-18-5-6-21(28)22(13-18)33(35)36/h2-6,13-14,16H,7-12,17-18H2,1H3;2-6,13-15H,7-12,16-17H2,1H3. The minimum Gasteiger partial charge on any atom is -0.486 e. The summed E-state index contributed by atoms with van der Waals surface area (Å²) in [5.41, 5.74) is 1.08. The predicted molar refractivity (Wildman–Crippen MR) is 312 cm³/mol. The van der Waals surface area contributed by atoms with Gasteiger partial charge in [0.15, 0.2) is 0 Å². The number of hydrogen-bond acceptors (Lipinski definition) is 17. The summed E-state index contributed by atoms with van der Waals surface area (Å²) in [6.45, 7) is 6.81. The van der Waals surface area contributed by atoms with Crippen LogP contribution in [0.4, 0.5) is 22.7 Å². The number of benzene rings is 4. The molecule has 0 N–H and O–H groups in total. The first-order valence-corrected chi connectivity index (χ1v) is 30.6. The van der Waals surface area contributed by atoms with Crippen LogP contribution in [0.15, 0.2) is 107 Å². The molecule has 4 heterocycles. The Hall–Kier alpha value is -6.74. The fraction of sp³-hybridized carbons (Fsp3) is 0.377. The monoisotopic (exact) mass is 1300 g/mol. The molecular formula is C53H54Cl2IN11O12S2. The van der Waals surface area contributed by atoms with Crippen molar-refractivity contribution in [3.8, 4) is 28.9 Å². The van der Waals surface area contributed by atoms with Gasteiger partial charge in [0.2, 0.25) is 31.5 Å². The first-order chi connectivity index (χ1) is 38.4. The molecule has 6 aromatic rings. The third-order valence-electron chi connectivity index (χ3n) is 14.5. The minimum atomic E-state index is -3.81. The Morgan fingerprint density at radius 3 is 1.42 bits per heavy atom. The fourth-order valence-electron chi connectivity index (χ4n) is 9.09. The number of nitrogens with zero attached hydrogens (tertiary/aromatic N) is 11. The molecule has 0 radical (unpaired) electrons. The van der Waals surface area contributed by atoms with E-state index >= 15 is 0 Å². The molecule has 0 amide bonds. The highest BCUT2D eigenvalue weighted by Gasteiger charge is 2.40. The van der Waals surface area contributed by atoms with Gasteiger partial charge < -0.3 is 19.3 Å². The summed E-state index contributed by atoms with van der Waals surface area (Å²) in [5.74, 6) is -0.460. The van der Waals surface area contributed by atoms with Gasteiger partial charge in [0, 0.05) is 85.4 Å². The van der Waals surface area contributed by atoms with Crippen molar-refractivity contribution in [2.45, 2.75) is 51.0 Å². The molecule has 0 atom stereocenters. The lowest BCUT2D eigenvalue weighted by Crippen LogP contribution is -2.49. The average Bonchev–Trinajstić information content (AvgIpc) is 4.54. The van der Waals surface area contributed by atoms with E-state index in [-0.39, 0.29) is 84.2 Å². The molecule has 4 aromatic carbocycles. The Labute approximate surface area is 489 Å². The molecule has 81 heavy (non-hydrogen) atoms. The van der Waals surface area contributed by atoms with E-state index in [0.29, 0.717) is 68.2 Å². The summed E-state index contributed by atoms with van der Waals surface area (Å²) < 4.78 is 70.5. The minimum absolute atomic E-state index is 0.0150.